The van der Waals surface area contributed by atoms with Gasteiger partial charge < -0.3 is 5.32 Å². The molecule has 0 aromatic carbocycles. The topological polar surface area (TPSA) is 97.6 Å². The quantitative estimate of drug-likeness (QED) is 0.821. The predicted molar refractivity (Wildman–Crippen MR) is 69.8 cm³/mol. The van der Waals surface area contributed by atoms with Gasteiger partial charge in [0.05, 0.1) is 12.6 Å². The third-order valence-corrected chi connectivity index (χ3v) is 2.33. The minimum absolute atomic E-state index is 0.165. The highest BCUT2D eigenvalue weighted by Crippen LogP contribution is 2.12. The van der Waals surface area contributed by atoms with Crippen LogP contribution in [0.1, 0.15) is 23.7 Å². The summed E-state index contributed by atoms with van der Waals surface area (Å²) < 4.78 is 0. The molecule has 2 heterocycles. The molecule has 0 aliphatic rings. The third kappa shape index (κ3) is 3.24. The van der Waals surface area contributed by atoms with Crippen LogP contribution < -0.4 is 10.6 Å². The van der Waals surface area contributed by atoms with Gasteiger partial charge in [-0.05, 0) is 23.8 Å². The number of rotatable bonds is 5. The molecule has 100 valence electrons. The molecule has 0 bridgehead atoms. The number of amides is 1. The Kier molecular flexibility index (Phi) is 4.01. The molecule has 0 spiro atoms. The van der Waals surface area contributed by atoms with Gasteiger partial charge in [-0.25, -0.2) is 4.98 Å². The Balaban J connectivity index is 2.14. The molecule has 19 heavy (non-hydrogen) atoms. The molecule has 0 unspecified atom stereocenters. The summed E-state index contributed by atoms with van der Waals surface area (Å²) >= 11 is 0. The molecule has 2 aromatic heterocycles. The zero-order chi connectivity index (χ0) is 13.7. The molecule has 0 saturated heterocycles. The summed E-state index contributed by atoms with van der Waals surface area (Å²) in [5.41, 5.74) is 0.448. The maximum atomic E-state index is 12.1. The Labute approximate surface area is 110 Å². The highest BCUT2D eigenvalue weighted by molar-refractivity contribution is 6.06. The molecule has 0 radical (unpaired) electrons. The lowest BCUT2D eigenvalue weighted by molar-refractivity contribution is 0.102. The van der Waals surface area contributed by atoms with E-state index in [1.165, 1.54) is 4.80 Å². The first kappa shape index (κ1) is 12.9. The van der Waals surface area contributed by atoms with Crippen LogP contribution in [0, 0.1) is 0 Å². The van der Waals surface area contributed by atoms with Crippen LogP contribution in [-0.4, -0.2) is 37.6 Å². The monoisotopic (exact) mass is 261 g/mol. The Morgan fingerprint density at radius 1 is 1.47 bits per heavy atom. The molecule has 0 atom stereocenters. The van der Waals surface area contributed by atoms with Crippen LogP contribution in [0.15, 0.2) is 18.3 Å². The highest BCUT2D eigenvalue weighted by atomic mass is 16.1. The van der Waals surface area contributed by atoms with E-state index < -0.39 is 0 Å². The average molecular weight is 261 g/mol. The first-order valence-electron chi connectivity index (χ1n) is 5.95. The van der Waals surface area contributed by atoms with E-state index >= 15 is 0 Å². The van der Waals surface area contributed by atoms with Gasteiger partial charge in [0.15, 0.2) is 0 Å². The summed E-state index contributed by atoms with van der Waals surface area (Å²) in [4.78, 5) is 17.5. The lowest BCUT2D eigenvalue weighted by atomic mass is 10.2. The standard InChI is InChI=1S/C11H15N7O/c1-3-6-12-9-8(5-4-7-13-9)10(19)14-11-15-17-18(2)16-11/h4-5,7H,3,6H2,1-2H3,(H,12,13)(H,14,16,19). The number of hydrogen-bond acceptors (Lipinski definition) is 6. The SMILES string of the molecule is CCCNc1ncccc1C(=O)Nc1nnn(C)n1. The lowest BCUT2D eigenvalue weighted by Gasteiger charge is -2.08. The normalized spacial score (nSPS) is 10.2. The molecule has 1 amide bonds. The van der Waals surface area contributed by atoms with Crippen LogP contribution in [-0.2, 0) is 7.05 Å². The number of nitrogens with zero attached hydrogens (tertiary/aromatic N) is 5. The summed E-state index contributed by atoms with van der Waals surface area (Å²) in [6.07, 6.45) is 2.58. The fourth-order valence-corrected chi connectivity index (χ4v) is 1.48. The van der Waals surface area contributed by atoms with E-state index in [1.807, 2.05) is 6.92 Å². The van der Waals surface area contributed by atoms with Crippen molar-refractivity contribution in [1.82, 2.24) is 25.2 Å². The van der Waals surface area contributed by atoms with Gasteiger partial charge in [-0.1, -0.05) is 12.0 Å². The molecule has 8 nitrogen and oxygen atoms in total. The maximum Gasteiger partial charge on any atom is 0.270 e. The number of anilines is 2. The summed E-state index contributed by atoms with van der Waals surface area (Å²) in [5, 5.41) is 16.9. The fourth-order valence-electron chi connectivity index (χ4n) is 1.48. The van der Waals surface area contributed by atoms with Crippen molar-refractivity contribution in [1.29, 1.82) is 0 Å². The largest absolute Gasteiger partial charge is 0.369 e. The Hall–Kier alpha value is -2.51. The molecular weight excluding hydrogens is 246 g/mol. The highest BCUT2D eigenvalue weighted by Gasteiger charge is 2.14. The predicted octanol–water partition coefficient (Wildman–Crippen LogP) is 0.679. The summed E-state index contributed by atoms with van der Waals surface area (Å²) in [5.74, 6) is 0.392. The minimum atomic E-state index is -0.320. The molecule has 0 aliphatic carbocycles. The number of pyridine rings is 1. The number of nitrogens with one attached hydrogen (secondary N) is 2. The molecule has 2 aromatic rings. The van der Waals surface area contributed by atoms with E-state index in [1.54, 1.807) is 25.4 Å². The second kappa shape index (κ2) is 5.89. The van der Waals surface area contributed by atoms with Gasteiger partial charge in [0.2, 0.25) is 0 Å². The van der Waals surface area contributed by atoms with Gasteiger partial charge >= 0.3 is 0 Å². The van der Waals surface area contributed by atoms with Crippen LogP contribution in [0.4, 0.5) is 11.8 Å². The van der Waals surface area contributed by atoms with Crippen molar-refractivity contribution in [2.24, 2.45) is 7.05 Å². The summed E-state index contributed by atoms with van der Waals surface area (Å²) in [7, 11) is 1.63. The Bertz CT molecular complexity index is 566. The molecule has 2 rings (SSSR count). The second-order valence-electron chi connectivity index (χ2n) is 3.88. The van der Waals surface area contributed by atoms with Crippen molar-refractivity contribution in [2.45, 2.75) is 13.3 Å². The number of aromatic nitrogens is 5. The van der Waals surface area contributed by atoms with Crippen molar-refractivity contribution < 1.29 is 4.79 Å². The number of aryl methyl sites for hydroxylation is 1. The first-order chi connectivity index (χ1) is 9.20. The van der Waals surface area contributed by atoms with E-state index in [9.17, 15) is 4.79 Å². The van der Waals surface area contributed by atoms with E-state index in [4.69, 9.17) is 0 Å². The van der Waals surface area contributed by atoms with E-state index in [0.717, 1.165) is 13.0 Å². The van der Waals surface area contributed by atoms with Gasteiger partial charge in [0.25, 0.3) is 11.9 Å². The molecule has 0 fully saturated rings. The van der Waals surface area contributed by atoms with Crippen molar-refractivity contribution in [3.63, 3.8) is 0 Å². The van der Waals surface area contributed by atoms with E-state index in [-0.39, 0.29) is 11.9 Å². The summed E-state index contributed by atoms with van der Waals surface area (Å²) in [6.45, 7) is 2.79. The van der Waals surface area contributed by atoms with E-state index in [0.29, 0.717) is 11.4 Å². The molecular formula is C11H15N7O. The number of carbonyl (C=O) groups excluding carboxylic acids is 1. The van der Waals surface area contributed by atoms with Crippen molar-refractivity contribution in [3.05, 3.63) is 23.9 Å². The number of carbonyl (C=O) groups is 1. The van der Waals surface area contributed by atoms with Crippen LogP contribution in [0.5, 0.6) is 0 Å². The van der Waals surface area contributed by atoms with Crippen LogP contribution in [0.25, 0.3) is 0 Å². The fraction of sp³-hybridized carbons (Fsp3) is 0.364. The van der Waals surface area contributed by atoms with Gasteiger partial charge in [-0.2, -0.15) is 4.80 Å². The second-order valence-corrected chi connectivity index (χ2v) is 3.88. The number of hydrogen-bond donors (Lipinski definition) is 2. The average Bonchev–Trinajstić information content (AvgIpc) is 2.82. The smallest absolute Gasteiger partial charge is 0.270 e. The van der Waals surface area contributed by atoms with Crippen molar-refractivity contribution >= 4 is 17.7 Å². The molecule has 8 heteroatoms. The summed E-state index contributed by atoms with van der Waals surface area (Å²) in [6, 6.07) is 3.40. The van der Waals surface area contributed by atoms with Crippen LogP contribution >= 0.6 is 0 Å². The molecule has 0 aliphatic heterocycles. The van der Waals surface area contributed by atoms with Crippen molar-refractivity contribution in [3.8, 4) is 0 Å². The first-order valence-corrected chi connectivity index (χ1v) is 5.95. The Morgan fingerprint density at radius 3 is 3.00 bits per heavy atom. The molecule has 0 saturated carbocycles. The molecule has 2 N–H and O–H groups in total. The van der Waals surface area contributed by atoms with Crippen LogP contribution in [0.3, 0.4) is 0 Å². The maximum absolute atomic E-state index is 12.1. The number of tetrazole rings is 1. The Morgan fingerprint density at radius 2 is 2.32 bits per heavy atom. The van der Waals surface area contributed by atoms with Gasteiger partial charge in [-0.15, -0.1) is 5.10 Å². The lowest BCUT2D eigenvalue weighted by Crippen LogP contribution is -2.17. The van der Waals surface area contributed by atoms with Gasteiger partial charge in [0, 0.05) is 12.7 Å². The van der Waals surface area contributed by atoms with Gasteiger partial charge in [0.1, 0.15) is 5.82 Å². The van der Waals surface area contributed by atoms with E-state index in [2.05, 4.69) is 31.0 Å². The third-order valence-electron chi connectivity index (χ3n) is 2.33. The zero-order valence-electron chi connectivity index (χ0n) is 10.8. The van der Waals surface area contributed by atoms with Gasteiger partial charge in [-0.3, -0.25) is 10.1 Å². The minimum Gasteiger partial charge on any atom is -0.369 e. The van der Waals surface area contributed by atoms with Crippen molar-refractivity contribution in [2.75, 3.05) is 17.2 Å². The zero-order valence-corrected chi connectivity index (χ0v) is 10.8. The van der Waals surface area contributed by atoms with Crippen LogP contribution in [0.2, 0.25) is 0 Å².